The standard InChI is InChI=1S/C21H26N4OS2/c1-6-17-15(5)27-11-18(17)20-23-24-21(25(20)7-2)28-12-19(26)22-16-9-8-13(3)14(4)10-16/h8-11H,6-7,12H2,1-5H3,(H,22,26). The van der Waals surface area contributed by atoms with Crippen molar-refractivity contribution in [2.75, 3.05) is 11.1 Å². The minimum absolute atomic E-state index is 0.0407. The summed E-state index contributed by atoms with van der Waals surface area (Å²) >= 11 is 3.17. The molecular formula is C21H26N4OS2. The Labute approximate surface area is 174 Å². The Morgan fingerprint density at radius 1 is 1.18 bits per heavy atom. The maximum absolute atomic E-state index is 12.4. The number of hydrogen-bond donors (Lipinski definition) is 1. The van der Waals surface area contributed by atoms with Crippen LogP contribution in [0.15, 0.2) is 28.7 Å². The molecule has 0 radical (unpaired) electrons. The molecule has 0 atom stereocenters. The summed E-state index contributed by atoms with van der Waals surface area (Å²) < 4.78 is 2.09. The van der Waals surface area contributed by atoms with E-state index in [-0.39, 0.29) is 5.91 Å². The van der Waals surface area contributed by atoms with Gasteiger partial charge in [0.25, 0.3) is 0 Å². The van der Waals surface area contributed by atoms with Crippen LogP contribution >= 0.6 is 23.1 Å². The number of carbonyl (C=O) groups excluding carboxylic acids is 1. The fraction of sp³-hybridized carbons (Fsp3) is 0.381. The van der Waals surface area contributed by atoms with Crippen molar-refractivity contribution in [2.24, 2.45) is 0 Å². The molecule has 0 aliphatic rings. The molecular weight excluding hydrogens is 388 g/mol. The number of aromatic nitrogens is 3. The zero-order chi connectivity index (χ0) is 20.3. The summed E-state index contributed by atoms with van der Waals surface area (Å²) in [7, 11) is 0. The molecule has 5 nitrogen and oxygen atoms in total. The van der Waals surface area contributed by atoms with Crippen molar-refractivity contribution < 1.29 is 4.79 Å². The van der Waals surface area contributed by atoms with Gasteiger partial charge in [0.15, 0.2) is 11.0 Å². The van der Waals surface area contributed by atoms with Crippen LogP contribution in [0.3, 0.4) is 0 Å². The smallest absolute Gasteiger partial charge is 0.234 e. The topological polar surface area (TPSA) is 59.8 Å². The maximum Gasteiger partial charge on any atom is 0.234 e. The molecule has 0 aliphatic carbocycles. The van der Waals surface area contributed by atoms with Gasteiger partial charge < -0.3 is 9.88 Å². The minimum Gasteiger partial charge on any atom is -0.325 e. The number of nitrogens with one attached hydrogen (secondary N) is 1. The van der Waals surface area contributed by atoms with Crippen LogP contribution in [0.2, 0.25) is 0 Å². The summed E-state index contributed by atoms with van der Waals surface area (Å²) in [5.74, 6) is 1.15. The average molecular weight is 415 g/mol. The first-order chi connectivity index (χ1) is 13.4. The monoisotopic (exact) mass is 414 g/mol. The highest BCUT2D eigenvalue weighted by atomic mass is 32.2. The van der Waals surface area contributed by atoms with Crippen molar-refractivity contribution in [2.45, 2.75) is 52.7 Å². The molecule has 3 rings (SSSR count). The van der Waals surface area contributed by atoms with Gasteiger partial charge in [-0.3, -0.25) is 4.79 Å². The number of anilines is 1. The second kappa shape index (κ2) is 8.92. The zero-order valence-corrected chi connectivity index (χ0v) is 18.6. The highest BCUT2D eigenvalue weighted by molar-refractivity contribution is 7.99. The molecule has 3 aromatic rings. The van der Waals surface area contributed by atoms with Crippen molar-refractivity contribution in [3.63, 3.8) is 0 Å². The number of thioether (sulfide) groups is 1. The summed E-state index contributed by atoms with van der Waals surface area (Å²) in [5, 5.41) is 14.7. The van der Waals surface area contributed by atoms with Crippen LogP contribution in [0.25, 0.3) is 11.4 Å². The van der Waals surface area contributed by atoms with Gasteiger partial charge >= 0.3 is 0 Å². The number of aryl methyl sites for hydroxylation is 3. The van der Waals surface area contributed by atoms with E-state index in [2.05, 4.69) is 53.2 Å². The number of carbonyl (C=O) groups is 1. The Balaban J connectivity index is 1.71. The highest BCUT2D eigenvalue weighted by Gasteiger charge is 2.18. The SMILES string of the molecule is CCc1c(-c2nnc(SCC(=O)Nc3ccc(C)c(C)c3)n2CC)csc1C. The van der Waals surface area contributed by atoms with Crippen LogP contribution in [0.4, 0.5) is 5.69 Å². The molecule has 0 bridgehead atoms. The quantitative estimate of drug-likeness (QED) is 0.537. The van der Waals surface area contributed by atoms with Crippen molar-refractivity contribution in [1.29, 1.82) is 0 Å². The van der Waals surface area contributed by atoms with Gasteiger partial charge in [-0.2, -0.15) is 0 Å². The van der Waals surface area contributed by atoms with Gasteiger partial charge in [-0.05, 0) is 62.9 Å². The van der Waals surface area contributed by atoms with Gasteiger partial charge in [0, 0.05) is 28.1 Å². The molecule has 2 aromatic heterocycles. The molecule has 0 spiro atoms. The van der Waals surface area contributed by atoms with Crippen LogP contribution in [-0.2, 0) is 17.8 Å². The van der Waals surface area contributed by atoms with Crippen LogP contribution in [-0.4, -0.2) is 26.4 Å². The molecule has 1 N–H and O–H groups in total. The van der Waals surface area contributed by atoms with Gasteiger partial charge in [0.05, 0.1) is 5.75 Å². The average Bonchev–Trinajstić information content (AvgIpc) is 3.25. The summed E-state index contributed by atoms with van der Waals surface area (Å²) in [4.78, 5) is 13.7. The molecule has 2 heterocycles. The molecule has 7 heteroatoms. The molecule has 1 aromatic carbocycles. The van der Waals surface area contributed by atoms with Crippen LogP contribution in [0.1, 0.15) is 35.4 Å². The largest absolute Gasteiger partial charge is 0.325 e. The van der Waals surface area contributed by atoms with E-state index in [1.54, 1.807) is 11.3 Å². The van der Waals surface area contributed by atoms with E-state index in [0.717, 1.165) is 35.2 Å². The van der Waals surface area contributed by atoms with Crippen LogP contribution in [0, 0.1) is 20.8 Å². The van der Waals surface area contributed by atoms with E-state index in [9.17, 15) is 4.79 Å². The third-order valence-corrected chi connectivity index (χ3v) is 6.77. The highest BCUT2D eigenvalue weighted by Crippen LogP contribution is 2.32. The van der Waals surface area contributed by atoms with Crippen molar-refractivity contribution in [3.8, 4) is 11.4 Å². The van der Waals surface area contributed by atoms with Crippen LogP contribution < -0.4 is 5.32 Å². The Bertz CT molecular complexity index is 990. The summed E-state index contributed by atoms with van der Waals surface area (Å²) in [6.07, 6.45) is 0.974. The van der Waals surface area contributed by atoms with E-state index >= 15 is 0 Å². The number of benzene rings is 1. The zero-order valence-electron chi connectivity index (χ0n) is 17.0. The van der Waals surface area contributed by atoms with E-state index < -0.39 is 0 Å². The Morgan fingerprint density at radius 2 is 1.96 bits per heavy atom. The molecule has 0 saturated heterocycles. The number of rotatable bonds is 7. The van der Waals surface area contributed by atoms with Gasteiger partial charge in [-0.1, -0.05) is 24.8 Å². The molecule has 0 aliphatic heterocycles. The van der Waals surface area contributed by atoms with Crippen molar-refractivity contribution >= 4 is 34.7 Å². The Hall–Kier alpha value is -2.12. The first-order valence-electron chi connectivity index (χ1n) is 9.45. The summed E-state index contributed by atoms with van der Waals surface area (Å²) in [6.45, 7) is 11.3. The lowest BCUT2D eigenvalue weighted by Gasteiger charge is -2.09. The molecule has 28 heavy (non-hydrogen) atoms. The molecule has 1 amide bonds. The van der Waals surface area contributed by atoms with E-state index in [0.29, 0.717) is 5.75 Å². The minimum atomic E-state index is -0.0407. The second-order valence-corrected chi connectivity index (χ2v) is 8.75. The van der Waals surface area contributed by atoms with E-state index in [1.165, 1.54) is 33.3 Å². The van der Waals surface area contributed by atoms with Gasteiger partial charge in [-0.15, -0.1) is 21.5 Å². The first kappa shape index (κ1) is 20.6. The van der Waals surface area contributed by atoms with Gasteiger partial charge in [0.1, 0.15) is 0 Å². The lowest BCUT2D eigenvalue weighted by Crippen LogP contribution is -2.14. The number of thiophene rings is 1. The van der Waals surface area contributed by atoms with Crippen molar-refractivity contribution in [1.82, 2.24) is 14.8 Å². The number of hydrogen-bond acceptors (Lipinski definition) is 5. The van der Waals surface area contributed by atoms with Crippen LogP contribution in [0.5, 0.6) is 0 Å². The van der Waals surface area contributed by atoms with Gasteiger partial charge in [0.2, 0.25) is 5.91 Å². The summed E-state index contributed by atoms with van der Waals surface area (Å²) in [5.41, 5.74) is 5.69. The molecule has 0 saturated carbocycles. The fourth-order valence-corrected chi connectivity index (χ4v) is 4.87. The van der Waals surface area contributed by atoms with E-state index in [1.807, 2.05) is 25.1 Å². The predicted octanol–water partition coefficient (Wildman–Crippen LogP) is 5.24. The van der Waals surface area contributed by atoms with Gasteiger partial charge in [-0.25, -0.2) is 0 Å². The normalized spacial score (nSPS) is 11.0. The fourth-order valence-electron chi connectivity index (χ4n) is 3.13. The predicted molar refractivity (Wildman–Crippen MR) is 118 cm³/mol. The lowest BCUT2D eigenvalue weighted by molar-refractivity contribution is -0.113. The third kappa shape index (κ3) is 4.31. The summed E-state index contributed by atoms with van der Waals surface area (Å²) in [6, 6.07) is 5.95. The third-order valence-electron chi connectivity index (χ3n) is 4.85. The Kier molecular flexibility index (Phi) is 6.57. The number of amides is 1. The molecule has 148 valence electrons. The molecule has 0 unspecified atom stereocenters. The Morgan fingerprint density at radius 3 is 2.64 bits per heavy atom. The van der Waals surface area contributed by atoms with E-state index in [4.69, 9.17) is 0 Å². The lowest BCUT2D eigenvalue weighted by atomic mass is 10.1. The second-order valence-electron chi connectivity index (χ2n) is 6.72. The molecule has 0 fully saturated rings. The first-order valence-corrected chi connectivity index (χ1v) is 11.3. The number of nitrogens with zero attached hydrogens (tertiary/aromatic N) is 3. The maximum atomic E-state index is 12.4. The van der Waals surface area contributed by atoms with Crippen molar-refractivity contribution in [3.05, 3.63) is 45.1 Å².